The van der Waals surface area contributed by atoms with Crippen molar-refractivity contribution >= 4 is 26.7 Å². The van der Waals surface area contributed by atoms with E-state index in [0.29, 0.717) is 39.2 Å². The Labute approximate surface area is 212 Å². The molecule has 1 aliphatic rings. The standard InChI is InChI=1S/C24H22B2F5N5O/c1-13-20(14(2)37-34-13)15-7-19-21(32-8-15)18(16-9-33-35(10-16)12-23(29,30)31)11-36(19)24(25,26)17-3-5-22(27,28)6-4-17/h7-11,17H,3-6,12H2,1-2H3. The third-order valence-corrected chi connectivity index (χ3v) is 7.04. The Hall–Kier alpha value is -3.11. The molecule has 13 heteroatoms. The number of nitrogens with zero attached hydrogens (tertiary/aromatic N) is 5. The third kappa shape index (κ3) is 4.80. The fourth-order valence-corrected chi connectivity index (χ4v) is 5.14. The Balaban J connectivity index is 1.65. The molecule has 1 aliphatic carbocycles. The smallest absolute Gasteiger partial charge is 0.361 e. The highest BCUT2D eigenvalue weighted by molar-refractivity contribution is 6.38. The molecule has 0 atom stereocenters. The maximum atomic E-state index is 13.8. The van der Waals surface area contributed by atoms with E-state index in [1.807, 2.05) is 0 Å². The van der Waals surface area contributed by atoms with Crippen LogP contribution in [-0.4, -0.2) is 52.3 Å². The van der Waals surface area contributed by atoms with E-state index in [0.717, 1.165) is 10.2 Å². The van der Waals surface area contributed by atoms with Gasteiger partial charge in [0.2, 0.25) is 5.92 Å². The van der Waals surface area contributed by atoms with E-state index in [1.54, 1.807) is 36.9 Å². The molecule has 4 radical (unpaired) electrons. The Morgan fingerprint density at radius 2 is 1.78 bits per heavy atom. The lowest BCUT2D eigenvalue weighted by Gasteiger charge is -2.42. The number of aromatic nitrogens is 5. The van der Waals surface area contributed by atoms with Crippen LogP contribution < -0.4 is 0 Å². The molecule has 0 bridgehead atoms. The highest BCUT2D eigenvalue weighted by Crippen LogP contribution is 2.43. The summed E-state index contributed by atoms with van der Waals surface area (Å²) in [6.45, 7) is 2.30. The second-order valence-corrected chi connectivity index (χ2v) is 9.76. The van der Waals surface area contributed by atoms with Crippen molar-refractivity contribution in [2.75, 3.05) is 0 Å². The summed E-state index contributed by atoms with van der Waals surface area (Å²) in [5, 5.41) is 6.26. The molecule has 4 aromatic heterocycles. The largest absolute Gasteiger partial charge is 0.408 e. The summed E-state index contributed by atoms with van der Waals surface area (Å²) in [5.41, 5.74) is 3.84. The van der Waals surface area contributed by atoms with Gasteiger partial charge in [0.1, 0.15) is 12.3 Å². The fraction of sp³-hybridized carbons (Fsp3) is 0.458. The monoisotopic (exact) mass is 513 g/mol. The molecule has 4 heterocycles. The Kier molecular flexibility index (Phi) is 6.03. The number of rotatable bonds is 5. The van der Waals surface area contributed by atoms with Crippen LogP contribution in [0.2, 0.25) is 0 Å². The van der Waals surface area contributed by atoms with Gasteiger partial charge in [-0.25, -0.2) is 8.78 Å². The minimum atomic E-state index is -4.44. The first kappa shape index (κ1) is 25.5. The van der Waals surface area contributed by atoms with Gasteiger partial charge in [0.05, 0.1) is 38.6 Å². The number of alkyl halides is 5. The topological polar surface area (TPSA) is 61.7 Å². The van der Waals surface area contributed by atoms with Crippen LogP contribution in [0.25, 0.3) is 33.3 Å². The summed E-state index contributed by atoms with van der Waals surface area (Å²) in [7, 11) is 13.3. The number of hydrogen-bond donors (Lipinski definition) is 0. The predicted octanol–water partition coefficient (Wildman–Crippen LogP) is 5.51. The molecule has 0 amide bonds. The van der Waals surface area contributed by atoms with Crippen molar-refractivity contribution in [2.24, 2.45) is 5.92 Å². The molecule has 1 saturated carbocycles. The molecule has 0 unspecified atom stereocenters. The molecule has 5 rings (SSSR count). The fourth-order valence-electron chi connectivity index (χ4n) is 5.14. The van der Waals surface area contributed by atoms with E-state index in [2.05, 4.69) is 15.2 Å². The second kappa shape index (κ2) is 8.73. The number of pyridine rings is 1. The van der Waals surface area contributed by atoms with E-state index >= 15 is 0 Å². The average molecular weight is 513 g/mol. The highest BCUT2D eigenvalue weighted by Gasteiger charge is 2.41. The lowest BCUT2D eigenvalue weighted by molar-refractivity contribution is -0.142. The van der Waals surface area contributed by atoms with Gasteiger partial charge in [-0.05, 0) is 44.0 Å². The third-order valence-electron chi connectivity index (χ3n) is 7.04. The summed E-state index contributed by atoms with van der Waals surface area (Å²) in [6.07, 6.45) is 0.946. The first-order chi connectivity index (χ1) is 17.2. The van der Waals surface area contributed by atoms with Gasteiger partial charge >= 0.3 is 6.18 Å². The quantitative estimate of drug-likeness (QED) is 0.261. The minimum Gasteiger partial charge on any atom is -0.361 e. The number of hydrogen-bond acceptors (Lipinski definition) is 4. The molecule has 0 aliphatic heterocycles. The maximum Gasteiger partial charge on any atom is 0.408 e. The van der Waals surface area contributed by atoms with Crippen LogP contribution in [0.4, 0.5) is 22.0 Å². The van der Waals surface area contributed by atoms with Crippen LogP contribution in [0.5, 0.6) is 0 Å². The van der Waals surface area contributed by atoms with Crippen LogP contribution in [0.1, 0.15) is 37.1 Å². The summed E-state index contributed by atoms with van der Waals surface area (Å²) in [4.78, 5) is 4.60. The molecule has 0 spiro atoms. The number of aryl methyl sites for hydroxylation is 2. The van der Waals surface area contributed by atoms with E-state index in [-0.39, 0.29) is 25.7 Å². The average Bonchev–Trinajstić information content (AvgIpc) is 3.49. The molecule has 1 fully saturated rings. The summed E-state index contributed by atoms with van der Waals surface area (Å²) in [6, 6.07) is 1.80. The van der Waals surface area contributed by atoms with E-state index < -0.39 is 29.9 Å². The maximum absolute atomic E-state index is 13.8. The van der Waals surface area contributed by atoms with Crippen molar-refractivity contribution in [1.29, 1.82) is 0 Å². The van der Waals surface area contributed by atoms with Crippen LogP contribution >= 0.6 is 0 Å². The number of fused-ring (bicyclic) bond motifs is 1. The summed E-state index contributed by atoms with van der Waals surface area (Å²) >= 11 is 0. The zero-order valence-electron chi connectivity index (χ0n) is 20.2. The van der Waals surface area contributed by atoms with Gasteiger partial charge < -0.3 is 9.09 Å². The summed E-state index contributed by atoms with van der Waals surface area (Å²) < 4.78 is 74.0. The lowest BCUT2D eigenvalue weighted by Crippen LogP contribution is -2.45. The molecule has 0 N–H and O–H groups in total. The first-order valence-corrected chi connectivity index (χ1v) is 11.8. The zero-order chi connectivity index (χ0) is 26.8. The van der Waals surface area contributed by atoms with Gasteiger partial charge in [0.15, 0.2) is 0 Å². The van der Waals surface area contributed by atoms with Crippen molar-refractivity contribution in [3.05, 3.63) is 42.3 Å². The van der Waals surface area contributed by atoms with Crippen LogP contribution in [0.15, 0.2) is 35.4 Å². The molecule has 37 heavy (non-hydrogen) atoms. The Morgan fingerprint density at radius 3 is 2.41 bits per heavy atom. The normalized spacial score (nSPS) is 17.1. The minimum absolute atomic E-state index is 0.121. The second-order valence-electron chi connectivity index (χ2n) is 9.76. The van der Waals surface area contributed by atoms with E-state index in [4.69, 9.17) is 20.2 Å². The molecule has 6 nitrogen and oxygen atoms in total. The van der Waals surface area contributed by atoms with Crippen LogP contribution in [-0.2, 0) is 11.9 Å². The van der Waals surface area contributed by atoms with Crippen LogP contribution in [0, 0.1) is 19.8 Å². The van der Waals surface area contributed by atoms with Gasteiger partial charge in [-0.3, -0.25) is 9.67 Å². The molecular formula is C24H22B2F5N5O. The number of halogens is 5. The molecular weight excluding hydrogens is 491 g/mol. The lowest BCUT2D eigenvalue weighted by atomic mass is 9.52. The Bertz CT molecular complexity index is 1430. The molecule has 0 saturated heterocycles. The van der Waals surface area contributed by atoms with Crippen molar-refractivity contribution in [3.8, 4) is 22.3 Å². The van der Waals surface area contributed by atoms with Gasteiger partial charge in [-0.2, -0.15) is 18.3 Å². The SMILES string of the molecule is [B]C([B])(C1CCC(F)(F)CC1)n1cc(-c2cnn(CC(F)(F)F)c2)c2ncc(-c3c(C)noc3C)cc21. The van der Waals surface area contributed by atoms with Gasteiger partial charge in [0, 0.05) is 53.7 Å². The zero-order valence-corrected chi connectivity index (χ0v) is 20.2. The van der Waals surface area contributed by atoms with Crippen molar-refractivity contribution < 1.29 is 26.5 Å². The Morgan fingerprint density at radius 1 is 1.08 bits per heavy atom. The molecule has 4 aromatic rings. The van der Waals surface area contributed by atoms with Crippen molar-refractivity contribution in [2.45, 2.75) is 63.5 Å². The predicted molar refractivity (Wildman–Crippen MR) is 128 cm³/mol. The van der Waals surface area contributed by atoms with E-state index in [9.17, 15) is 22.0 Å². The molecule has 190 valence electrons. The van der Waals surface area contributed by atoms with E-state index in [1.165, 1.54) is 12.4 Å². The summed E-state index contributed by atoms with van der Waals surface area (Å²) in [5.74, 6) is -2.65. The molecule has 0 aromatic carbocycles. The van der Waals surface area contributed by atoms with Crippen LogP contribution in [0.3, 0.4) is 0 Å². The first-order valence-electron chi connectivity index (χ1n) is 11.8. The highest BCUT2D eigenvalue weighted by atomic mass is 19.4. The van der Waals surface area contributed by atoms with Gasteiger partial charge in [0.25, 0.3) is 0 Å². The van der Waals surface area contributed by atoms with Gasteiger partial charge in [-0.15, -0.1) is 0 Å². The van der Waals surface area contributed by atoms with Crippen molar-refractivity contribution in [1.82, 2.24) is 24.5 Å². The van der Waals surface area contributed by atoms with Gasteiger partial charge in [-0.1, -0.05) is 5.16 Å². The van der Waals surface area contributed by atoms with Crippen molar-refractivity contribution in [3.63, 3.8) is 0 Å².